The van der Waals surface area contributed by atoms with Crippen LogP contribution in [0, 0.1) is 5.82 Å². The summed E-state index contributed by atoms with van der Waals surface area (Å²) in [6.45, 7) is 1.44. The number of aromatic amines is 1. The molecular weight excluding hydrogens is 385 g/mol. The molecule has 1 N–H and O–H groups in total. The number of fused-ring (bicyclic) bond motifs is 1. The number of hydrogen-bond acceptors (Lipinski definition) is 3. The molecule has 1 saturated heterocycles. The number of likely N-dealkylation sites (tertiary alicyclic amines) is 1. The number of halogens is 1. The van der Waals surface area contributed by atoms with Gasteiger partial charge in [-0.05, 0) is 42.5 Å². The molecule has 0 aliphatic carbocycles. The van der Waals surface area contributed by atoms with Crippen molar-refractivity contribution in [2.24, 2.45) is 0 Å². The number of aromatic nitrogens is 2. The smallest absolute Gasteiger partial charge is 0.265 e. The average molecular weight is 405 g/mol. The zero-order chi connectivity index (χ0) is 19.8. The molecule has 4 nitrogen and oxygen atoms in total. The summed E-state index contributed by atoms with van der Waals surface area (Å²) in [7, 11) is 0. The van der Waals surface area contributed by atoms with Gasteiger partial charge in [-0.25, -0.2) is 9.37 Å². The minimum Gasteiger partial charge on any atom is -0.361 e. The van der Waals surface area contributed by atoms with Gasteiger partial charge < -0.3 is 9.88 Å². The molecule has 0 saturated carbocycles. The van der Waals surface area contributed by atoms with Gasteiger partial charge in [0.1, 0.15) is 15.7 Å². The van der Waals surface area contributed by atoms with Crippen molar-refractivity contribution in [3.8, 4) is 10.6 Å². The van der Waals surface area contributed by atoms with Crippen LogP contribution in [0.4, 0.5) is 4.39 Å². The Bertz CT molecular complexity index is 1170. The fraction of sp³-hybridized carbons (Fsp3) is 0.217. The number of para-hydroxylation sites is 1. The van der Waals surface area contributed by atoms with Crippen LogP contribution in [0.15, 0.2) is 60.9 Å². The summed E-state index contributed by atoms with van der Waals surface area (Å²) in [5.74, 6) is 0.119. The molecule has 0 unspecified atom stereocenters. The van der Waals surface area contributed by atoms with Crippen LogP contribution in [0.25, 0.3) is 21.5 Å². The number of nitrogens with zero attached hydrogens (tertiary/aromatic N) is 2. The molecule has 1 aliphatic heterocycles. The Hall–Kier alpha value is -2.99. The zero-order valence-corrected chi connectivity index (χ0v) is 16.6. The Morgan fingerprint density at radius 1 is 1.10 bits per heavy atom. The van der Waals surface area contributed by atoms with Gasteiger partial charge in [0.15, 0.2) is 0 Å². The lowest BCUT2D eigenvalue weighted by Gasteiger charge is -2.31. The molecule has 6 heteroatoms. The largest absolute Gasteiger partial charge is 0.361 e. The van der Waals surface area contributed by atoms with Gasteiger partial charge in [-0.3, -0.25) is 4.79 Å². The third-order valence-corrected chi connectivity index (χ3v) is 6.68. The number of benzene rings is 2. The lowest BCUT2D eigenvalue weighted by molar-refractivity contribution is 0.0718. The van der Waals surface area contributed by atoms with Crippen molar-refractivity contribution in [3.63, 3.8) is 0 Å². The van der Waals surface area contributed by atoms with E-state index in [1.54, 1.807) is 24.4 Å². The van der Waals surface area contributed by atoms with Crippen molar-refractivity contribution < 1.29 is 9.18 Å². The summed E-state index contributed by atoms with van der Waals surface area (Å²) in [5.41, 5.74) is 2.94. The molecule has 3 heterocycles. The predicted molar refractivity (Wildman–Crippen MR) is 114 cm³/mol. The first-order chi connectivity index (χ1) is 14.2. The van der Waals surface area contributed by atoms with Crippen molar-refractivity contribution in [2.45, 2.75) is 18.8 Å². The van der Waals surface area contributed by atoms with E-state index in [0.717, 1.165) is 31.4 Å². The van der Waals surface area contributed by atoms with Crippen LogP contribution in [0.2, 0.25) is 0 Å². The number of H-pyrrole nitrogens is 1. The first-order valence-corrected chi connectivity index (χ1v) is 10.6. The summed E-state index contributed by atoms with van der Waals surface area (Å²) < 4.78 is 14.0. The first kappa shape index (κ1) is 18.1. The van der Waals surface area contributed by atoms with E-state index < -0.39 is 0 Å². The maximum atomic E-state index is 14.0. The normalized spacial score (nSPS) is 15.1. The van der Waals surface area contributed by atoms with Crippen LogP contribution >= 0.6 is 11.3 Å². The first-order valence-electron chi connectivity index (χ1n) is 9.77. The Morgan fingerprint density at radius 3 is 2.69 bits per heavy atom. The Morgan fingerprint density at radius 2 is 1.86 bits per heavy atom. The maximum absolute atomic E-state index is 14.0. The van der Waals surface area contributed by atoms with Crippen molar-refractivity contribution in [1.29, 1.82) is 0 Å². The van der Waals surface area contributed by atoms with E-state index in [2.05, 4.69) is 34.4 Å². The van der Waals surface area contributed by atoms with E-state index in [1.165, 1.54) is 28.4 Å². The van der Waals surface area contributed by atoms with E-state index in [9.17, 15) is 9.18 Å². The Balaban J connectivity index is 1.29. The predicted octanol–water partition coefficient (Wildman–Crippen LogP) is 5.45. The van der Waals surface area contributed by atoms with E-state index in [4.69, 9.17) is 0 Å². The molecule has 0 spiro atoms. The summed E-state index contributed by atoms with van der Waals surface area (Å²) in [6.07, 6.45) is 5.55. The van der Waals surface area contributed by atoms with Gasteiger partial charge in [0.25, 0.3) is 5.91 Å². The molecule has 0 bridgehead atoms. The molecule has 146 valence electrons. The van der Waals surface area contributed by atoms with Gasteiger partial charge in [0.2, 0.25) is 0 Å². The summed E-state index contributed by atoms with van der Waals surface area (Å²) in [5, 5.41) is 1.81. The topological polar surface area (TPSA) is 49.0 Å². The Kier molecular flexibility index (Phi) is 4.64. The van der Waals surface area contributed by atoms with Crippen LogP contribution in [-0.4, -0.2) is 33.9 Å². The highest BCUT2D eigenvalue weighted by atomic mass is 32.1. The Labute approximate surface area is 172 Å². The van der Waals surface area contributed by atoms with Gasteiger partial charge in [0, 0.05) is 35.8 Å². The molecular formula is C23H20FN3OS. The number of amides is 1. The minimum absolute atomic E-state index is 0.0116. The molecule has 2 aromatic heterocycles. The summed E-state index contributed by atoms with van der Waals surface area (Å²) >= 11 is 1.26. The number of piperidine rings is 1. The molecule has 1 aliphatic rings. The van der Waals surface area contributed by atoms with Crippen LogP contribution in [0.5, 0.6) is 0 Å². The van der Waals surface area contributed by atoms with Gasteiger partial charge in [-0.2, -0.15) is 0 Å². The van der Waals surface area contributed by atoms with Gasteiger partial charge in [-0.1, -0.05) is 30.3 Å². The summed E-state index contributed by atoms with van der Waals surface area (Å²) in [6, 6.07) is 14.9. The van der Waals surface area contributed by atoms with E-state index in [-0.39, 0.29) is 11.7 Å². The SMILES string of the molecule is O=C(c1cnc(-c2ccccc2F)s1)N1CCC(c2c[nH]c3ccccc23)CC1. The minimum atomic E-state index is -0.319. The fourth-order valence-electron chi connectivity index (χ4n) is 4.11. The molecule has 2 aromatic carbocycles. The van der Waals surface area contributed by atoms with Crippen molar-refractivity contribution in [3.05, 3.63) is 77.2 Å². The fourth-order valence-corrected chi connectivity index (χ4v) is 5.02. The molecule has 1 amide bonds. The molecule has 1 fully saturated rings. The standard InChI is InChI=1S/C23H20FN3OS/c24-19-7-3-1-6-17(19)22-26-14-21(29-22)23(28)27-11-9-15(10-12-27)18-13-25-20-8-4-2-5-16(18)20/h1-8,13-15,25H,9-12H2. The third-order valence-electron chi connectivity index (χ3n) is 5.66. The monoisotopic (exact) mass is 405 g/mol. The highest BCUT2D eigenvalue weighted by Crippen LogP contribution is 2.34. The maximum Gasteiger partial charge on any atom is 0.265 e. The van der Waals surface area contributed by atoms with Crippen LogP contribution < -0.4 is 0 Å². The highest BCUT2D eigenvalue weighted by Gasteiger charge is 2.27. The second kappa shape index (κ2) is 7.44. The van der Waals surface area contributed by atoms with Crippen molar-refractivity contribution in [2.75, 3.05) is 13.1 Å². The van der Waals surface area contributed by atoms with Crippen LogP contribution in [0.3, 0.4) is 0 Å². The van der Waals surface area contributed by atoms with Gasteiger partial charge >= 0.3 is 0 Å². The molecule has 0 radical (unpaired) electrons. The number of thiazole rings is 1. The number of carbonyl (C=O) groups is 1. The zero-order valence-electron chi connectivity index (χ0n) is 15.8. The second-order valence-corrected chi connectivity index (χ2v) is 8.40. The lowest BCUT2D eigenvalue weighted by Crippen LogP contribution is -2.37. The third kappa shape index (κ3) is 3.34. The van der Waals surface area contributed by atoms with Crippen molar-refractivity contribution >= 4 is 28.1 Å². The van der Waals surface area contributed by atoms with Gasteiger partial charge in [0.05, 0.1) is 6.20 Å². The van der Waals surface area contributed by atoms with E-state index in [0.29, 0.717) is 21.4 Å². The highest BCUT2D eigenvalue weighted by molar-refractivity contribution is 7.16. The van der Waals surface area contributed by atoms with Crippen molar-refractivity contribution in [1.82, 2.24) is 14.9 Å². The number of nitrogens with one attached hydrogen (secondary N) is 1. The number of hydrogen-bond donors (Lipinski definition) is 1. The van der Waals surface area contributed by atoms with E-state index >= 15 is 0 Å². The summed E-state index contributed by atoms with van der Waals surface area (Å²) in [4.78, 5) is 23.0. The van der Waals surface area contributed by atoms with Gasteiger partial charge in [-0.15, -0.1) is 11.3 Å². The second-order valence-electron chi connectivity index (χ2n) is 7.37. The molecule has 5 rings (SSSR count). The lowest BCUT2D eigenvalue weighted by atomic mass is 9.89. The van der Waals surface area contributed by atoms with Crippen LogP contribution in [-0.2, 0) is 0 Å². The van der Waals surface area contributed by atoms with E-state index in [1.807, 2.05) is 11.0 Å². The number of carbonyl (C=O) groups excluding carboxylic acids is 1. The molecule has 0 atom stereocenters. The average Bonchev–Trinajstić information content (AvgIpc) is 3.41. The number of rotatable bonds is 3. The quantitative estimate of drug-likeness (QED) is 0.493. The van der Waals surface area contributed by atoms with Crippen LogP contribution in [0.1, 0.15) is 34.0 Å². The molecule has 4 aromatic rings. The molecule has 29 heavy (non-hydrogen) atoms.